The summed E-state index contributed by atoms with van der Waals surface area (Å²) in [5.41, 5.74) is -0.115. The van der Waals surface area contributed by atoms with Crippen LogP contribution in [0.25, 0.3) is 0 Å². The molecule has 2 rings (SSSR count). The first-order valence-electron chi connectivity index (χ1n) is 6.85. The molecule has 0 amide bonds. The summed E-state index contributed by atoms with van der Waals surface area (Å²) in [5, 5.41) is 2.37. The molecule has 1 aliphatic carbocycles. The van der Waals surface area contributed by atoms with E-state index in [4.69, 9.17) is 4.52 Å². The largest absolute Gasteiger partial charge is 0.383 e. The quantitative estimate of drug-likeness (QED) is 0.850. The lowest BCUT2D eigenvalue weighted by molar-refractivity contribution is 0.234. The molecule has 0 atom stereocenters. The third kappa shape index (κ3) is 3.76. The molecule has 1 fully saturated rings. The number of hydrogen-bond donors (Lipinski definition) is 1. The summed E-state index contributed by atoms with van der Waals surface area (Å²) in [6.07, 6.45) is 4.84. The predicted molar refractivity (Wildman–Crippen MR) is 70.2 cm³/mol. The molecule has 3 heteroatoms. The van der Waals surface area contributed by atoms with E-state index in [0.717, 1.165) is 30.4 Å². The van der Waals surface area contributed by atoms with Gasteiger partial charge in [0.1, 0.15) is 5.76 Å². The third-order valence-electron chi connectivity index (χ3n) is 3.66. The zero-order valence-electron chi connectivity index (χ0n) is 11.5. The van der Waals surface area contributed by atoms with Crippen molar-refractivity contribution in [1.82, 2.24) is 5.16 Å². The second kappa shape index (κ2) is 6.67. The minimum atomic E-state index is -0.115. The molecule has 1 aromatic rings. The van der Waals surface area contributed by atoms with Gasteiger partial charge in [0.05, 0.1) is 0 Å². The number of H-pyrrole nitrogens is 1. The highest BCUT2D eigenvalue weighted by Gasteiger charge is 2.26. The summed E-state index contributed by atoms with van der Waals surface area (Å²) >= 11 is 0. The van der Waals surface area contributed by atoms with Crippen LogP contribution in [0.3, 0.4) is 0 Å². The molecule has 1 N–H and O–H groups in total. The zero-order chi connectivity index (χ0) is 12.8. The van der Waals surface area contributed by atoms with Gasteiger partial charge in [0, 0.05) is 12.0 Å². The fraction of sp³-hybridized carbons (Fsp3) is 0.786. The van der Waals surface area contributed by atoms with Crippen molar-refractivity contribution in [3.63, 3.8) is 0 Å². The summed E-state index contributed by atoms with van der Waals surface area (Å²) in [5.74, 6) is 2.94. The Bertz CT molecular complexity index is 356. The van der Waals surface area contributed by atoms with Crippen LogP contribution in [0.4, 0.5) is 0 Å². The summed E-state index contributed by atoms with van der Waals surface area (Å²) < 4.78 is 5.16. The Labute approximate surface area is 104 Å². The Kier molecular flexibility index (Phi) is 5.52. The average Bonchev–Trinajstić information content (AvgIpc) is 2.79. The van der Waals surface area contributed by atoms with Gasteiger partial charge in [0.25, 0.3) is 5.56 Å². The highest BCUT2D eigenvalue weighted by molar-refractivity contribution is 5.03. The lowest BCUT2D eigenvalue weighted by Crippen LogP contribution is -2.17. The Hall–Kier alpha value is -0.990. The maximum absolute atomic E-state index is 11.0. The van der Waals surface area contributed by atoms with Gasteiger partial charge in [-0.2, -0.15) is 5.16 Å². The number of nitrogens with one attached hydrogen (secondary N) is 1. The van der Waals surface area contributed by atoms with E-state index in [1.165, 1.54) is 12.8 Å². The van der Waals surface area contributed by atoms with Crippen molar-refractivity contribution in [3.8, 4) is 0 Å². The van der Waals surface area contributed by atoms with Gasteiger partial charge in [-0.3, -0.25) is 4.79 Å². The van der Waals surface area contributed by atoms with Crippen molar-refractivity contribution in [2.45, 2.75) is 59.3 Å². The van der Waals surface area contributed by atoms with Crippen LogP contribution in [0.15, 0.2) is 15.4 Å². The summed E-state index contributed by atoms with van der Waals surface area (Å²) in [4.78, 5) is 11.0. The fourth-order valence-electron chi connectivity index (χ4n) is 2.57. The molecule has 1 aliphatic rings. The van der Waals surface area contributed by atoms with Crippen molar-refractivity contribution >= 4 is 0 Å². The topological polar surface area (TPSA) is 46.0 Å². The molecule has 0 aliphatic heterocycles. The lowest BCUT2D eigenvalue weighted by Gasteiger charge is -2.29. The first-order valence-corrected chi connectivity index (χ1v) is 6.85. The van der Waals surface area contributed by atoms with Gasteiger partial charge >= 0.3 is 0 Å². The van der Waals surface area contributed by atoms with Crippen molar-refractivity contribution in [3.05, 3.63) is 22.2 Å². The van der Waals surface area contributed by atoms with E-state index in [1.54, 1.807) is 6.07 Å². The van der Waals surface area contributed by atoms with Gasteiger partial charge in [-0.1, -0.05) is 27.7 Å². The highest BCUT2D eigenvalue weighted by atomic mass is 16.5. The molecule has 0 unspecified atom stereocenters. The maximum Gasteiger partial charge on any atom is 0.280 e. The Balaban J connectivity index is 0.000000686. The maximum atomic E-state index is 11.0. The normalized spacial score (nSPS) is 24.3. The van der Waals surface area contributed by atoms with Crippen LogP contribution < -0.4 is 5.56 Å². The Morgan fingerprint density at radius 2 is 1.82 bits per heavy atom. The molecule has 0 radical (unpaired) electrons. The van der Waals surface area contributed by atoms with Gasteiger partial charge in [0.2, 0.25) is 0 Å². The molecule has 0 saturated heterocycles. The molecule has 0 spiro atoms. The fourth-order valence-corrected chi connectivity index (χ4v) is 2.57. The number of hydrogen-bond acceptors (Lipinski definition) is 2. The van der Waals surface area contributed by atoms with E-state index >= 15 is 0 Å². The summed E-state index contributed by atoms with van der Waals surface area (Å²) in [6, 6.07) is 1.60. The van der Waals surface area contributed by atoms with E-state index in [2.05, 4.69) is 19.0 Å². The summed E-state index contributed by atoms with van der Waals surface area (Å²) in [7, 11) is 0. The van der Waals surface area contributed by atoms with Crippen LogP contribution in [0.2, 0.25) is 0 Å². The highest BCUT2D eigenvalue weighted by Crippen LogP contribution is 2.37. The standard InChI is InChI=1S/C12H19NO2.C2H6/c1-8(2)9-3-5-10(6-4-9)11-7-12(14)13-15-11;1-2/h7-10H,3-6H2,1-2H3,(H,13,14);1-2H3. The second-order valence-electron chi connectivity index (χ2n) is 4.97. The second-order valence-corrected chi connectivity index (χ2v) is 4.97. The van der Waals surface area contributed by atoms with Crippen LogP contribution in [-0.2, 0) is 0 Å². The van der Waals surface area contributed by atoms with Crippen molar-refractivity contribution in [2.24, 2.45) is 11.8 Å². The van der Waals surface area contributed by atoms with Crippen LogP contribution >= 0.6 is 0 Å². The molecule has 0 aromatic carbocycles. The molecule has 1 aromatic heterocycles. The minimum Gasteiger partial charge on any atom is -0.383 e. The molecule has 0 bridgehead atoms. The molecule has 98 valence electrons. The van der Waals surface area contributed by atoms with Crippen LogP contribution in [0.1, 0.15) is 65.1 Å². The molecule has 3 nitrogen and oxygen atoms in total. The Morgan fingerprint density at radius 1 is 1.24 bits per heavy atom. The summed E-state index contributed by atoms with van der Waals surface area (Å²) in [6.45, 7) is 8.59. The van der Waals surface area contributed by atoms with Crippen molar-refractivity contribution < 1.29 is 4.52 Å². The van der Waals surface area contributed by atoms with E-state index in [0.29, 0.717) is 5.92 Å². The van der Waals surface area contributed by atoms with Crippen molar-refractivity contribution in [1.29, 1.82) is 0 Å². The van der Waals surface area contributed by atoms with E-state index < -0.39 is 0 Å². The number of aromatic nitrogens is 1. The van der Waals surface area contributed by atoms with Gasteiger partial charge in [0.15, 0.2) is 0 Å². The first kappa shape index (κ1) is 14.1. The minimum absolute atomic E-state index is 0.115. The van der Waals surface area contributed by atoms with Gasteiger partial charge in [-0.25, -0.2) is 0 Å². The average molecular weight is 239 g/mol. The number of aromatic amines is 1. The monoisotopic (exact) mass is 239 g/mol. The molecule has 1 heterocycles. The van der Waals surface area contributed by atoms with Crippen LogP contribution in [0.5, 0.6) is 0 Å². The predicted octanol–water partition coefficient (Wildman–Crippen LogP) is 3.92. The molecular weight excluding hydrogens is 214 g/mol. The van der Waals surface area contributed by atoms with Gasteiger partial charge < -0.3 is 4.52 Å². The Morgan fingerprint density at radius 3 is 2.24 bits per heavy atom. The zero-order valence-corrected chi connectivity index (χ0v) is 11.5. The number of rotatable bonds is 2. The lowest BCUT2D eigenvalue weighted by atomic mass is 9.76. The molecule has 1 saturated carbocycles. The van der Waals surface area contributed by atoms with E-state index in [-0.39, 0.29) is 5.56 Å². The SMILES string of the molecule is CC.CC(C)C1CCC(c2cc(=O)[nH]o2)CC1. The van der Waals surface area contributed by atoms with E-state index in [9.17, 15) is 4.79 Å². The molecular formula is C14H25NO2. The third-order valence-corrected chi connectivity index (χ3v) is 3.66. The molecule has 17 heavy (non-hydrogen) atoms. The van der Waals surface area contributed by atoms with Gasteiger partial charge in [-0.15, -0.1) is 0 Å². The smallest absolute Gasteiger partial charge is 0.280 e. The van der Waals surface area contributed by atoms with Crippen LogP contribution in [-0.4, -0.2) is 5.16 Å². The van der Waals surface area contributed by atoms with Crippen molar-refractivity contribution in [2.75, 3.05) is 0 Å². The van der Waals surface area contributed by atoms with Crippen LogP contribution in [0, 0.1) is 11.8 Å². The van der Waals surface area contributed by atoms with E-state index in [1.807, 2.05) is 13.8 Å². The first-order chi connectivity index (χ1) is 8.16. The van der Waals surface area contributed by atoms with Gasteiger partial charge in [-0.05, 0) is 37.5 Å².